The maximum Gasteiger partial charge on any atom is 0.213 e. The van der Waals surface area contributed by atoms with Gasteiger partial charge in [-0.05, 0) is 25.5 Å². The Labute approximate surface area is 96.4 Å². The third-order valence-corrected chi connectivity index (χ3v) is 3.13. The summed E-state index contributed by atoms with van der Waals surface area (Å²) in [7, 11) is 1.64. The van der Waals surface area contributed by atoms with Gasteiger partial charge in [-0.3, -0.25) is 4.90 Å². The van der Waals surface area contributed by atoms with Crippen LogP contribution in [0.2, 0.25) is 0 Å². The highest BCUT2D eigenvalue weighted by Gasteiger charge is 2.23. The Bertz CT molecular complexity index is 343. The number of likely N-dealkylation sites (tertiary alicyclic amines) is 1. The van der Waals surface area contributed by atoms with E-state index in [0.717, 1.165) is 25.3 Å². The minimum atomic E-state index is 0.521. The van der Waals surface area contributed by atoms with Crippen molar-refractivity contribution in [1.29, 1.82) is 0 Å². The van der Waals surface area contributed by atoms with Crippen molar-refractivity contribution in [3.8, 4) is 5.88 Å². The van der Waals surface area contributed by atoms with Gasteiger partial charge in [0.15, 0.2) is 0 Å². The van der Waals surface area contributed by atoms with Gasteiger partial charge >= 0.3 is 0 Å². The predicted octanol–water partition coefficient (Wildman–Crippen LogP) is 1.01. The Morgan fingerprint density at radius 1 is 1.56 bits per heavy atom. The quantitative estimate of drug-likeness (QED) is 0.824. The topological polar surface area (TPSA) is 51.4 Å². The van der Waals surface area contributed by atoms with Crippen LogP contribution in [-0.2, 0) is 6.54 Å². The lowest BCUT2D eigenvalue weighted by Gasteiger charge is -2.22. The molecule has 0 aromatic carbocycles. The first-order chi connectivity index (χ1) is 7.83. The van der Waals surface area contributed by atoms with Crippen molar-refractivity contribution >= 4 is 0 Å². The standard InChI is InChI=1S/C12H19N3O/c1-16-12-6-2-4-10(14-12)9-15-7-3-5-11(15)8-13/h2,4,6,11H,3,5,7-9,13H2,1H3. The van der Waals surface area contributed by atoms with Crippen molar-refractivity contribution in [2.24, 2.45) is 5.73 Å². The van der Waals surface area contributed by atoms with E-state index in [0.29, 0.717) is 11.9 Å². The molecule has 88 valence electrons. The van der Waals surface area contributed by atoms with E-state index in [2.05, 4.69) is 9.88 Å². The Morgan fingerprint density at radius 2 is 2.44 bits per heavy atom. The molecule has 16 heavy (non-hydrogen) atoms. The lowest BCUT2D eigenvalue weighted by Crippen LogP contribution is -2.35. The van der Waals surface area contributed by atoms with Crippen LogP contribution in [-0.4, -0.2) is 36.1 Å². The van der Waals surface area contributed by atoms with Gasteiger partial charge < -0.3 is 10.5 Å². The van der Waals surface area contributed by atoms with E-state index in [4.69, 9.17) is 10.5 Å². The molecule has 0 saturated carbocycles. The van der Waals surface area contributed by atoms with Gasteiger partial charge in [-0.2, -0.15) is 0 Å². The summed E-state index contributed by atoms with van der Waals surface area (Å²) in [6, 6.07) is 6.41. The Kier molecular flexibility index (Phi) is 3.74. The number of aromatic nitrogens is 1. The summed E-state index contributed by atoms with van der Waals surface area (Å²) in [5, 5.41) is 0. The van der Waals surface area contributed by atoms with Gasteiger partial charge in [-0.25, -0.2) is 4.98 Å². The molecule has 2 rings (SSSR count). The predicted molar refractivity (Wildman–Crippen MR) is 63.3 cm³/mol. The van der Waals surface area contributed by atoms with Crippen LogP contribution in [0, 0.1) is 0 Å². The lowest BCUT2D eigenvalue weighted by atomic mass is 10.2. The summed E-state index contributed by atoms with van der Waals surface area (Å²) in [6.45, 7) is 2.74. The summed E-state index contributed by atoms with van der Waals surface area (Å²) < 4.78 is 5.12. The smallest absolute Gasteiger partial charge is 0.213 e. The first kappa shape index (κ1) is 11.4. The van der Waals surface area contributed by atoms with Gasteiger partial charge in [0.05, 0.1) is 12.8 Å². The number of rotatable bonds is 4. The number of ether oxygens (including phenoxy) is 1. The molecule has 1 atom stereocenters. The zero-order valence-electron chi connectivity index (χ0n) is 9.72. The SMILES string of the molecule is COc1cccc(CN2CCCC2CN)n1. The van der Waals surface area contributed by atoms with Gasteiger partial charge in [0.25, 0.3) is 0 Å². The molecule has 4 heteroatoms. The van der Waals surface area contributed by atoms with Crippen molar-refractivity contribution in [2.45, 2.75) is 25.4 Å². The molecule has 2 N–H and O–H groups in total. The summed E-state index contributed by atoms with van der Waals surface area (Å²) >= 11 is 0. The van der Waals surface area contributed by atoms with Crippen molar-refractivity contribution in [3.05, 3.63) is 23.9 Å². The molecule has 0 bridgehead atoms. The highest BCUT2D eigenvalue weighted by molar-refractivity contribution is 5.15. The van der Waals surface area contributed by atoms with Crippen LogP contribution >= 0.6 is 0 Å². The molecule has 1 unspecified atom stereocenters. The largest absolute Gasteiger partial charge is 0.481 e. The van der Waals surface area contributed by atoms with E-state index in [1.54, 1.807) is 7.11 Å². The second kappa shape index (κ2) is 5.27. The van der Waals surface area contributed by atoms with Crippen LogP contribution in [0.5, 0.6) is 5.88 Å². The van der Waals surface area contributed by atoms with E-state index >= 15 is 0 Å². The average Bonchev–Trinajstić information content (AvgIpc) is 2.76. The second-order valence-corrected chi connectivity index (χ2v) is 4.17. The number of nitrogens with two attached hydrogens (primary N) is 1. The van der Waals surface area contributed by atoms with Crippen molar-refractivity contribution in [3.63, 3.8) is 0 Å². The molecule has 1 fully saturated rings. The van der Waals surface area contributed by atoms with Crippen molar-refractivity contribution in [2.75, 3.05) is 20.2 Å². The highest BCUT2D eigenvalue weighted by atomic mass is 16.5. The van der Waals surface area contributed by atoms with E-state index in [1.807, 2.05) is 18.2 Å². The van der Waals surface area contributed by atoms with Crippen LogP contribution in [0.4, 0.5) is 0 Å². The van der Waals surface area contributed by atoms with Crippen molar-refractivity contribution < 1.29 is 4.74 Å². The maximum atomic E-state index is 5.75. The van der Waals surface area contributed by atoms with Crippen LogP contribution in [0.15, 0.2) is 18.2 Å². The first-order valence-corrected chi connectivity index (χ1v) is 5.77. The van der Waals surface area contributed by atoms with E-state index in [-0.39, 0.29) is 0 Å². The van der Waals surface area contributed by atoms with E-state index in [1.165, 1.54) is 12.8 Å². The van der Waals surface area contributed by atoms with Crippen LogP contribution < -0.4 is 10.5 Å². The summed E-state index contributed by atoms with van der Waals surface area (Å²) in [6.07, 6.45) is 2.45. The normalized spacial score (nSPS) is 21.2. The van der Waals surface area contributed by atoms with Crippen LogP contribution in [0.25, 0.3) is 0 Å². The third kappa shape index (κ3) is 2.51. The fourth-order valence-electron chi connectivity index (χ4n) is 2.24. The lowest BCUT2D eigenvalue weighted by molar-refractivity contribution is 0.246. The van der Waals surface area contributed by atoms with Gasteiger partial charge in [0.1, 0.15) is 0 Å². The molecule has 1 aliphatic rings. The number of methoxy groups -OCH3 is 1. The number of pyridine rings is 1. The molecule has 2 heterocycles. The van der Waals surface area contributed by atoms with E-state index in [9.17, 15) is 0 Å². The van der Waals surface area contributed by atoms with Crippen molar-refractivity contribution in [1.82, 2.24) is 9.88 Å². The zero-order valence-corrected chi connectivity index (χ0v) is 9.72. The third-order valence-electron chi connectivity index (χ3n) is 3.13. The minimum Gasteiger partial charge on any atom is -0.481 e. The summed E-state index contributed by atoms with van der Waals surface area (Å²) in [4.78, 5) is 6.82. The van der Waals surface area contributed by atoms with Gasteiger partial charge in [-0.1, -0.05) is 6.07 Å². The number of hydrogen-bond acceptors (Lipinski definition) is 4. The molecule has 1 aromatic rings. The molecule has 0 amide bonds. The highest BCUT2D eigenvalue weighted by Crippen LogP contribution is 2.19. The number of nitrogens with zero attached hydrogens (tertiary/aromatic N) is 2. The van der Waals surface area contributed by atoms with E-state index < -0.39 is 0 Å². The van der Waals surface area contributed by atoms with Crippen LogP contribution in [0.3, 0.4) is 0 Å². The average molecular weight is 221 g/mol. The molecule has 0 spiro atoms. The van der Waals surface area contributed by atoms with Crippen LogP contribution in [0.1, 0.15) is 18.5 Å². The molecular weight excluding hydrogens is 202 g/mol. The summed E-state index contributed by atoms with van der Waals surface area (Å²) in [5.41, 5.74) is 6.80. The molecule has 1 saturated heterocycles. The Morgan fingerprint density at radius 3 is 3.19 bits per heavy atom. The fourth-order valence-corrected chi connectivity index (χ4v) is 2.24. The zero-order chi connectivity index (χ0) is 11.4. The minimum absolute atomic E-state index is 0.521. The Hall–Kier alpha value is -1.13. The Balaban J connectivity index is 2.02. The fraction of sp³-hybridized carbons (Fsp3) is 0.583. The van der Waals surface area contributed by atoms with Gasteiger partial charge in [0, 0.05) is 25.2 Å². The second-order valence-electron chi connectivity index (χ2n) is 4.17. The number of hydrogen-bond donors (Lipinski definition) is 1. The molecule has 0 radical (unpaired) electrons. The molecular formula is C12H19N3O. The first-order valence-electron chi connectivity index (χ1n) is 5.77. The molecule has 1 aromatic heterocycles. The molecule has 4 nitrogen and oxygen atoms in total. The van der Waals surface area contributed by atoms with Gasteiger partial charge in [0.2, 0.25) is 5.88 Å². The maximum absolute atomic E-state index is 5.75. The van der Waals surface area contributed by atoms with Gasteiger partial charge in [-0.15, -0.1) is 0 Å². The summed E-state index contributed by atoms with van der Waals surface area (Å²) in [5.74, 6) is 0.681. The molecule has 1 aliphatic heterocycles. The monoisotopic (exact) mass is 221 g/mol. The molecule has 0 aliphatic carbocycles.